The molecule has 1 aliphatic heterocycles. The average Bonchev–Trinajstić information content (AvgIpc) is 3.49. The van der Waals surface area contributed by atoms with Crippen molar-refractivity contribution in [1.29, 1.82) is 0 Å². The summed E-state index contributed by atoms with van der Waals surface area (Å²) in [6.45, 7) is 1.83. The summed E-state index contributed by atoms with van der Waals surface area (Å²) in [5.74, 6) is 0. The van der Waals surface area contributed by atoms with E-state index in [4.69, 9.17) is 0 Å². The van der Waals surface area contributed by atoms with Crippen molar-refractivity contribution in [3.8, 4) is 11.1 Å². The Kier molecular flexibility index (Phi) is 4.40. The van der Waals surface area contributed by atoms with Gasteiger partial charge in [-0.2, -0.15) is 4.31 Å². The number of hydrogen-bond acceptors (Lipinski definition) is 5. The summed E-state index contributed by atoms with van der Waals surface area (Å²) in [5.41, 5.74) is 3.74. The standard InChI is InChI=1S/C20H20N6O2S/c27-29(28,26-9-1-2-10-26)17-5-3-15(4-6-17)18-7-8-21-20-19(18)11-16(24-20)12-25-13-22-23-14-25/h3-8,11,13-14H,1-2,9-10,12H2,(H,21,24). The predicted molar refractivity (Wildman–Crippen MR) is 109 cm³/mol. The number of fused-ring (bicyclic) bond motifs is 1. The normalized spacial score (nSPS) is 15.3. The Morgan fingerprint density at radius 3 is 2.45 bits per heavy atom. The second-order valence-corrected chi connectivity index (χ2v) is 9.12. The zero-order valence-electron chi connectivity index (χ0n) is 15.7. The van der Waals surface area contributed by atoms with Crippen molar-refractivity contribution in [3.05, 3.63) is 60.9 Å². The van der Waals surface area contributed by atoms with Gasteiger partial charge in [-0.25, -0.2) is 13.4 Å². The molecule has 1 aliphatic rings. The molecule has 0 spiro atoms. The van der Waals surface area contributed by atoms with E-state index in [1.54, 1.807) is 35.3 Å². The van der Waals surface area contributed by atoms with Gasteiger partial charge in [-0.3, -0.25) is 0 Å². The summed E-state index contributed by atoms with van der Waals surface area (Å²) in [6, 6.07) is 11.1. The Balaban J connectivity index is 1.48. The molecule has 9 heteroatoms. The lowest BCUT2D eigenvalue weighted by atomic mass is 10.0. The maximum Gasteiger partial charge on any atom is 0.243 e. The minimum absolute atomic E-state index is 0.343. The quantitative estimate of drug-likeness (QED) is 0.548. The van der Waals surface area contributed by atoms with Gasteiger partial charge in [0, 0.05) is 30.4 Å². The monoisotopic (exact) mass is 408 g/mol. The van der Waals surface area contributed by atoms with Gasteiger partial charge >= 0.3 is 0 Å². The molecule has 0 saturated carbocycles. The first-order valence-electron chi connectivity index (χ1n) is 9.51. The zero-order valence-corrected chi connectivity index (χ0v) is 16.5. The topological polar surface area (TPSA) is 96.8 Å². The van der Waals surface area contributed by atoms with Gasteiger partial charge in [0.2, 0.25) is 10.0 Å². The third-order valence-corrected chi connectivity index (χ3v) is 7.19. The van der Waals surface area contributed by atoms with Crippen LogP contribution >= 0.6 is 0 Å². The SMILES string of the molecule is O=S(=O)(c1ccc(-c2ccnc3[nH]c(Cn4cnnc4)cc23)cc1)N1CCCC1. The molecule has 29 heavy (non-hydrogen) atoms. The molecule has 148 valence electrons. The van der Waals surface area contributed by atoms with Crippen LogP contribution in [0.2, 0.25) is 0 Å². The number of pyridine rings is 1. The van der Waals surface area contributed by atoms with E-state index in [0.717, 1.165) is 40.7 Å². The molecule has 1 fully saturated rings. The molecule has 0 aliphatic carbocycles. The number of H-pyrrole nitrogens is 1. The number of rotatable bonds is 5. The van der Waals surface area contributed by atoms with Crippen molar-refractivity contribution in [3.63, 3.8) is 0 Å². The van der Waals surface area contributed by atoms with Gasteiger partial charge in [-0.1, -0.05) is 12.1 Å². The van der Waals surface area contributed by atoms with Crippen LogP contribution in [0.15, 0.2) is 60.1 Å². The third-order valence-electron chi connectivity index (χ3n) is 5.28. The molecule has 1 saturated heterocycles. The molecule has 4 aromatic rings. The number of sulfonamides is 1. The van der Waals surface area contributed by atoms with E-state index in [1.165, 1.54) is 0 Å². The maximum absolute atomic E-state index is 12.7. The van der Waals surface area contributed by atoms with Gasteiger partial charge in [-0.15, -0.1) is 10.2 Å². The first-order chi connectivity index (χ1) is 14.1. The highest BCUT2D eigenvalue weighted by Crippen LogP contribution is 2.30. The fourth-order valence-electron chi connectivity index (χ4n) is 3.80. The van der Waals surface area contributed by atoms with Crippen molar-refractivity contribution in [2.24, 2.45) is 0 Å². The van der Waals surface area contributed by atoms with E-state index in [0.29, 0.717) is 24.5 Å². The first-order valence-corrected chi connectivity index (χ1v) is 10.9. The molecule has 1 N–H and O–H groups in total. The minimum atomic E-state index is -3.40. The molecule has 0 radical (unpaired) electrons. The maximum atomic E-state index is 12.7. The summed E-state index contributed by atoms with van der Waals surface area (Å²) >= 11 is 0. The molecular weight excluding hydrogens is 388 g/mol. The number of nitrogens with one attached hydrogen (secondary N) is 1. The number of benzene rings is 1. The Labute approximate surface area is 168 Å². The van der Waals surface area contributed by atoms with Crippen LogP contribution in [0, 0.1) is 0 Å². The summed E-state index contributed by atoms with van der Waals surface area (Å²) in [7, 11) is -3.40. The van der Waals surface area contributed by atoms with Crippen molar-refractivity contribution in [2.75, 3.05) is 13.1 Å². The van der Waals surface area contributed by atoms with E-state index in [9.17, 15) is 8.42 Å². The second-order valence-electron chi connectivity index (χ2n) is 7.19. The molecule has 0 atom stereocenters. The van der Waals surface area contributed by atoms with Gasteiger partial charge in [0.05, 0.1) is 11.4 Å². The lowest BCUT2D eigenvalue weighted by molar-refractivity contribution is 0.477. The van der Waals surface area contributed by atoms with E-state index >= 15 is 0 Å². The second kappa shape index (κ2) is 7.09. The van der Waals surface area contributed by atoms with Gasteiger partial charge in [0.25, 0.3) is 0 Å². The molecule has 8 nitrogen and oxygen atoms in total. The fraction of sp³-hybridized carbons (Fsp3) is 0.250. The number of nitrogens with zero attached hydrogens (tertiary/aromatic N) is 5. The molecule has 1 aromatic carbocycles. The van der Waals surface area contributed by atoms with Crippen LogP contribution in [-0.4, -0.2) is 50.5 Å². The zero-order chi connectivity index (χ0) is 19.8. The summed E-state index contributed by atoms with van der Waals surface area (Å²) in [4.78, 5) is 8.10. The average molecular weight is 408 g/mol. The first kappa shape index (κ1) is 18.0. The lowest BCUT2D eigenvalue weighted by Crippen LogP contribution is -2.27. The number of aromatic nitrogens is 5. The van der Waals surface area contributed by atoms with Crippen LogP contribution in [0.4, 0.5) is 0 Å². The van der Waals surface area contributed by atoms with Crippen molar-refractivity contribution >= 4 is 21.1 Å². The smallest absolute Gasteiger partial charge is 0.243 e. The molecule has 3 aromatic heterocycles. The fourth-order valence-corrected chi connectivity index (χ4v) is 5.32. The lowest BCUT2D eigenvalue weighted by Gasteiger charge is -2.15. The van der Waals surface area contributed by atoms with Gasteiger partial charge in [0.1, 0.15) is 18.3 Å². The van der Waals surface area contributed by atoms with Crippen LogP contribution in [0.25, 0.3) is 22.2 Å². The van der Waals surface area contributed by atoms with E-state index in [2.05, 4.69) is 26.2 Å². The predicted octanol–water partition coefficient (Wildman–Crippen LogP) is 2.65. The Morgan fingerprint density at radius 2 is 1.72 bits per heavy atom. The summed E-state index contributed by atoms with van der Waals surface area (Å²) < 4.78 is 28.9. The molecule has 5 rings (SSSR count). The van der Waals surface area contributed by atoms with E-state index < -0.39 is 10.0 Å². The highest BCUT2D eigenvalue weighted by atomic mass is 32.2. The Morgan fingerprint density at radius 1 is 1.00 bits per heavy atom. The number of hydrogen-bond donors (Lipinski definition) is 1. The van der Waals surface area contributed by atoms with Crippen LogP contribution in [-0.2, 0) is 16.6 Å². The van der Waals surface area contributed by atoms with Crippen molar-refractivity contribution in [1.82, 2.24) is 29.0 Å². The highest BCUT2D eigenvalue weighted by molar-refractivity contribution is 7.89. The van der Waals surface area contributed by atoms with Crippen LogP contribution < -0.4 is 0 Å². The van der Waals surface area contributed by atoms with Crippen LogP contribution in [0.5, 0.6) is 0 Å². The minimum Gasteiger partial charge on any atom is -0.342 e. The summed E-state index contributed by atoms with van der Waals surface area (Å²) in [6.07, 6.45) is 6.94. The largest absolute Gasteiger partial charge is 0.342 e. The molecule has 0 unspecified atom stereocenters. The molecular formula is C20H20N6O2S. The van der Waals surface area contributed by atoms with Crippen molar-refractivity contribution in [2.45, 2.75) is 24.3 Å². The van der Waals surface area contributed by atoms with Gasteiger partial charge in [0.15, 0.2) is 0 Å². The van der Waals surface area contributed by atoms with Crippen LogP contribution in [0.1, 0.15) is 18.5 Å². The van der Waals surface area contributed by atoms with Gasteiger partial charge in [-0.05, 0) is 48.2 Å². The molecule has 0 amide bonds. The molecule has 4 heterocycles. The molecule has 0 bridgehead atoms. The highest BCUT2D eigenvalue weighted by Gasteiger charge is 2.27. The number of aromatic amines is 1. The van der Waals surface area contributed by atoms with E-state index in [1.807, 2.05) is 22.8 Å². The Hall–Kier alpha value is -3.04. The van der Waals surface area contributed by atoms with Gasteiger partial charge < -0.3 is 9.55 Å². The summed E-state index contributed by atoms with van der Waals surface area (Å²) in [5, 5.41) is 8.64. The Bertz CT molecular complexity index is 1240. The van der Waals surface area contributed by atoms with E-state index in [-0.39, 0.29) is 0 Å². The third kappa shape index (κ3) is 3.32. The van der Waals surface area contributed by atoms with Crippen LogP contribution in [0.3, 0.4) is 0 Å². The van der Waals surface area contributed by atoms with Crippen molar-refractivity contribution < 1.29 is 8.42 Å².